The summed E-state index contributed by atoms with van der Waals surface area (Å²) in [6.07, 6.45) is 0. The molecule has 1 N–H and O–H groups in total. The molecule has 0 bridgehead atoms. The van der Waals surface area contributed by atoms with Crippen molar-refractivity contribution >= 4 is 7.60 Å². The van der Waals surface area contributed by atoms with Gasteiger partial charge in [0.15, 0.2) is 0 Å². The van der Waals surface area contributed by atoms with Crippen LogP contribution in [0.2, 0.25) is 0 Å². The highest BCUT2D eigenvalue weighted by molar-refractivity contribution is 7.54. The maximum Gasteiger partial charge on any atom is 0.351 e. The molecule has 4 nitrogen and oxygen atoms in total. The van der Waals surface area contributed by atoms with Crippen LogP contribution in [0.3, 0.4) is 0 Å². The van der Waals surface area contributed by atoms with E-state index in [4.69, 9.17) is 9.05 Å². The van der Waals surface area contributed by atoms with E-state index in [9.17, 15) is 4.57 Å². The normalized spacial score (nSPS) is 13.0. The maximum absolute atomic E-state index is 13.4. The molecule has 1 atom stereocenters. The van der Waals surface area contributed by atoms with Crippen molar-refractivity contribution in [3.05, 3.63) is 71.3 Å². The lowest BCUT2D eigenvalue weighted by atomic mass is 10.1. The van der Waals surface area contributed by atoms with Crippen molar-refractivity contribution in [2.45, 2.75) is 33.1 Å². The molecule has 2 rings (SSSR count). The molecule has 1 unspecified atom stereocenters. The van der Waals surface area contributed by atoms with E-state index in [1.165, 1.54) is 0 Å². The molecule has 0 spiro atoms. The Kier molecular flexibility index (Phi) is 7.19. The minimum Gasteiger partial charge on any atom is -0.308 e. The Balaban J connectivity index is 2.33. The van der Waals surface area contributed by atoms with E-state index in [2.05, 4.69) is 5.32 Å². The van der Waals surface area contributed by atoms with Gasteiger partial charge in [0.25, 0.3) is 0 Å². The van der Waals surface area contributed by atoms with Crippen molar-refractivity contribution in [2.75, 3.05) is 13.2 Å². The lowest BCUT2D eigenvalue weighted by molar-refractivity contribution is 0.207. The highest BCUT2D eigenvalue weighted by Gasteiger charge is 2.37. The van der Waals surface area contributed by atoms with E-state index in [0.717, 1.165) is 16.7 Å². The largest absolute Gasteiger partial charge is 0.351 e. The number of hydrogen-bond acceptors (Lipinski definition) is 4. The molecule has 0 aromatic heterocycles. The molecule has 2 aromatic rings. The van der Waals surface area contributed by atoms with E-state index in [1.807, 2.05) is 75.4 Å². The standard InChI is InChI=1S/C19H26NO3P/c1-4-22-24(21,23-5-2)19(18-14-10-9-11-16(18)3)20-15-17-12-7-6-8-13-17/h6-14,19-20H,4-5,15H2,1-3H3. The van der Waals surface area contributed by atoms with Crippen LogP contribution in [0, 0.1) is 6.92 Å². The van der Waals surface area contributed by atoms with Gasteiger partial charge in [-0.15, -0.1) is 0 Å². The van der Waals surface area contributed by atoms with Crippen molar-refractivity contribution in [1.82, 2.24) is 5.32 Å². The van der Waals surface area contributed by atoms with E-state index in [1.54, 1.807) is 0 Å². The van der Waals surface area contributed by atoms with Crippen LogP contribution in [0.25, 0.3) is 0 Å². The van der Waals surface area contributed by atoms with Gasteiger partial charge >= 0.3 is 7.60 Å². The van der Waals surface area contributed by atoms with E-state index < -0.39 is 13.4 Å². The van der Waals surface area contributed by atoms with E-state index in [0.29, 0.717) is 19.8 Å². The smallest absolute Gasteiger partial charge is 0.308 e. The Bertz CT molecular complexity index is 665. The minimum atomic E-state index is -3.33. The number of hydrogen-bond donors (Lipinski definition) is 1. The summed E-state index contributed by atoms with van der Waals surface area (Å²) >= 11 is 0. The lowest BCUT2D eigenvalue weighted by Crippen LogP contribution is -2.24. The van der Waals surface area contributed by atoms with Crippen molar-refractivity contribution in [3.63, 3.8) is 0 Å². The van der Waals surface area contributed by atoms with Gasteiger partial charge in [-0.05, 0) is 37.5 Å². The Morgan fingerprint density at radius 3 is 2.12 bits per heavy atom. The summed E-state index contributed by atoms with van der Waals surface area (Å²) in [5.41, 5.74) is 3.12. The van der Waals surface area contributed by atoms with Crippen LogP contribution >= 0.6 is 7.60 Å². The zero-order chi connectivity index (χ0) is 17.4. The zero-order valence-corrected chi connectivity index (χ0v) is 15.5. The summed E-state index contributed by atoms with van der Waals surface area (Å²) in [5, 5.41) is 3.39. The first-order valence-corrected chi connectivity index (χ1v) is 9.93. The van der Waals surface area contributed by atoms with Gasteiger partial charge in [0, 0.05) is 6.54 Å². The third-order valence-electron chi connectivity index (χ3n) is 3.76. The topological polar surface area (TPSA) is 47.6 Å². The first-order valence-electron chi connectivity index (χ1n) is 8.32. The molecular formula is C19H26NO3P. The van der Waals surface area contributed by atoms with E-state index in [-0.39, 0.29) is 0 Å². The maximum atomic E-state index is 13.4. The SMILES string of the molecule is CCOP(=O)(OCC)C(NCc1ccccc1)c1ccccc1C. The zero-order valence-electron chi connectivity index (χ0n) is 14.6. The molecule has 0 heterocycles. The molecule has 130 valence electrons. The second-order valence-corrected chi connectivity index (χ2v) is 7.61. The van der Waals surface area contributed by atoms with Gasteiger partial charge in [0.2, 0.25) is 0 Å². The van der Waals surface area contributed by atoms with Gasteiger partial charge < -0.3 is 9.05 Å². The average molecular weight is 347 g/mol. The number of nitrogens with one attached hydrogen (secondary N) is 1. The van der Waals surface area contributed by atoms with Gasteiger partial charge in [0.05, 0.1) is 13.2 Å². The minimum absolute atomic E-state index is 0.340. The Morgan fingerprint density at radius 2 is 1.54 bits per heavy atom. The summed E-state index contributed by atoms with van der Waals surface area (Å²) in [6, 6.07) is 17.9. The van der Waals surface area contributed by atoms with Crippen molar-refractivity contribution < 1.29 is 13.6 Å². The Labute approximate surface area is 144 Å². The fraction of sp³-hybridized carbons (Fsp3) is 0.368. The lowest BCUT2D eigenvalue weighted by Gasteiger charge is -2.28. The van der Waals surface area contributed by atoms with Gasteiger partial charge in [-0.25, -0.2) is 0 Å². The van der Waals surface area contributed by atoms with Gasteiger partial charge in [-0.1, -0.05) is 54.6 Å². The van der Waals surface area contributed by atoms with Crippen LogP contribution in [-0.2, 0) is 20.2 Å². The van der Waals surface area contributed by atoms with Crippen molar-refractivity contribution in [3.8, 4) is 0 Å². The van der Waals surface area contributed by atoms with Crippen LogP contribution < -0.4 is 5.32 Å². The summed E-state index contributed by atoms with van der Waals surface area (Å²) in [6.45, 7) is 6.94. The Hall–Kier alpha value is -1.45. The molecular weight excluding hydrogens is 321 g/mol. The summed E-state index contributed by atoms with van der Waals surface area (Å²) < 4.78 is 24.6. The number of rotatable bonds is 9. The molecule has 0 saturated carbocycles. The van der Waals surface area contributed by atoms with Crippen LogP contribution in [0.1, 0.15) is 36.3 Å². The summed E-state index contributed by atoms with van der Waals surface area (Å²) in [4.78, 5) is 0. The molecule has 0 amide bonds. The third-order valence-corrected chi connectivity index (χ3v) is 6.09. The monoisotopic (exact) mass is 347 g/mol. The Morgan fingerprint density at radius 1 is 0.958 bits per heavy atom. The molecule has 0 fully saturated rings. The van der Waals surface area contributed by atoms with Crippen molar-refractivity contribution in [1.29, 1.82) is 0 Å². The van der Waals surface area contributed by atoms with Gasteiger partial charge in [-0.3, -0.25) is 9.88 Å². The molecule has 5 heteroatoms. The highest BCUT2D eigenvalue weighted by atomic mass is 31.2. The summed E-state index contributed by atoms with van der Waals surface area (Å²) in [5.74, 6) is -0.501. The molecule has 0 saturated heterocycles. The molecule has 0 aliphatic rings. The fourth-order valence-electron chi connectivity index (χ4n) is 2.64. The molecule has 0 radical (unpaired) electrons. The van der Waals surface area contributed by atoms with Crippen LogP contribution in [-0.4, -0.2) is 13.2 Å². The van der Waals surface area contributed by atoms with Crippen LogP contribution in [0.15, 0.2) is 54.6 Å². The quantitative estimate of drug-likeness (QED) is 0.645. The average Bonchev–Trinajstić information content (AvgIpc) is 2.58. The third kappa shape index (κ3) is 4.78. The first kappa shape index (κ1) is 18.9. The molecule has 2 aromatic carbocycles. The van der Waals surface area contributed by atoms with Crippen LogP contribution in [0.4, 0.5) is 0 Å². The fourth-order valence-corrected chi connectivity index (χ4v) is 4.68. The second kappa shape index (κ2) is 9.14. The van der Waals surface area contributed by atoms with E-state index >= 15 is 0 Å². The van der Waals surface area contributed by atoms with Gasteiger partial charge in [-0.2, -0.15) is 0 Å². The number of aryl methyl sites for hydroxylation is 1. The predicted molar refractivity (Wildman–Crippen MR) is 98.1 cm³/mol. The number of benzene rings is 2. The molecule has 0 aliphatic heterocycles. The molecule has 24 heavy (non-hydrogen) atoms. The first-order chi connectivity index (χ1) is 11.6. The molecule has 0 aliphatic carbocycles. The predicted octanol–water partition coefficient (Wildman–Crippen LogP) is 5.05. The van der Waals surface area contributed by atoms with Gasteiger partial charge in [0.1, 0.15) is 5.78 Å². The van der Waals surface area contributed by atoms with Crippen molar-refractivity contribution in [2.24, 2.45) is 0 Å². The highest BCUT2D eigenvalue weighted by Crippen LogP contribution is 2.60. The second-order valence-electron chi connectivity index (χ2n) is 5.50. The van der Waals surface area contributed by atoms with Crippen LogP contribution in [0.5, 0.6) is 0 Å². The summed E-state index contributed by atoms with van der Waals surface area (Å²) in [7, 11) is -3.33.